The molecule has 2 fully saturated rings. The number of likely N-dealkylation sites (N-methyl/N-ethyl adjacent to an activating group) is 1. The minimum absolute atomic E-state index is 0. The summed E-state index contributed by atoms with van der Waals surface area (Å²) in [4.78, 5) is 9.30. The third kappa shape index (κ3) is 7.01. The molecule has 0 aromatic rings. The third-order valence-electron chi connectivity index (χ3n) is 4.96. The van der Waals surface area contributed by atoms with Gasteiger partial charge >= 0.3 is 0 Å². The average molecular weight is 454 g/mol. The molecule has 0 bridgehead atoms. The van der Waals surface area contributed by atoms with Crippen LogP contribution in [-0.2, 0) is 9.47 Å². The molecule has 24 heavy (non-hydrogen) atoms. The van der Waals surface area contributed by atoms with Crippen molar-refractivity contribution in [2.24, 2.45) is 10.9 Å². The standard InChI is InChI=1S/C17H34N4O2.HI/c1-14(20(3)16-5-6-16)11-19-17(18-2)21-8-7-15(12-21)13-23-10-9-22-4;/h14-16H,5-13H2,1-4H3,(H,18,19);1H. The van der Waals surface area contributed by atoms with Crippen LogP contribution in [0, 0.1) is 5.92 Å². The SMILES string of the molecule is CN=C(NCC(C)N(C)C1CC1)N1CCC(COCCOC)C1.I. The Balaban J connectivity index is 0.00000288. The molecule has 2 aliphatic rings. The number of nitrogens with one attached hydrogen (secondary N) is 1. The van der Waals surface area contributed by atoms with Crippen molar-refractivity contribution in [3.8, 4) is 0 Å². The van der Waals surface area contributed by atoms with E-state index in [9.17, 15) is 0 Å². The second-order valence-corrected chi connectivity index (χ2v) is 6.84. The highest BCUT2D eigenvalue weighted by molar-refractivity contribution is 14.0. The first-order valence-corrected chi connectivity index (χ1v) is 8.90. The fourth-order valence-electron chi connectivity index (χ4n) is 3.11. The lowest BCUT2D eigenvalue weighted by molar-refractivity contribution is 0.0536. The van der Waals surface area contributed by atoms with E-state index in [1.54, 1.807) is 7.11 Å². The molecule has 1 N–H and O–H groups in total. The Labute approximate surface area is 164 Å². The number of aliphatic imine (C=N–C) groups is 1. The van der Waals surface area contributed by atoms with Crippen LogP contribution in [0.2, 0.25) is 0 Å². The summed E-state index contributed by atoms with van der Waals surface area (Å²) < 4.78 is 10.7. The lowest BCUT2D eigenvalue weighted by Crippen LogP contribution is -2.46. The van der Waals surface area contributed by atoms with Crippen LogP contribution in [0.4, 0.5) is 0 Å². The molecule has 1 saturated heterocycles. The van der Waals surface area contributed by atoms with Gasteiger partial charge in [-0.3, -0.25) is 9.89 Å². The van der Waals surface area contributed by atoms with Crippen LogP contribution in [0.5, 0.6) is 0 Å². The van der Waals surface area contributed by atoms with Gasteiger partial charge in [0.1, 0.15) is 0 Å². The normalized spacial score (nSPS) is 22.6. The molecule has 0 spiro atoms. The average Bonchev–Trinajstić information content (AvgIpc) is 3.31. The Morgan fingerprint density at radius 3 is 2.71 bits per heavy atom. The third-order valence-corrected chi connectivity index (χ3v) is 4.96. The first kappa shape index (κ1) is 21.9. The molecule has 0 amide bonds. The van der Waals surface area contributed by atoms with Crippen LogP contribution in [0.15, 0.2) is 4.99 Å². The van der Waals surface area contributed by atoms with Gasteiger partial charge in [0.15, 0.2) is 5.96 Å². The molecule has 2 unspecified atom stereocenters. The van der Waals surface area contributed by atoms with E-state index in [1.165, 1.54) is 19.3 Å². The van der Waals surface area contributed by atoms with Gasteiger partial charge in [-0.15, -0.1) is 24.0 Å². The van der Waals surface area contributed by atoms with Crippen LogP contribution in [0.25, 0.3) is 0 Å². The van der Waals surface area contributed by atoms with Crippen molar-refractivity contribution < 1.29 is 9.47 Å². The predicted molar refractivity (Wildman–Crippen MR) is 109 cm³/mol. The molecule has 1 saturated carbocycles. The van der Waals surface area contributed by atoms with Crippen LogP contribution in [0.3, 0.4) is 0 Å². The van der Waals surface area contributed by atoms with E-state index in [2.05, 4.69) is 34.1 Å². The monoisotopic (exact) mass is 454 g/mol. The Morgan fingerprint density at radius 1 is 1.33 bits per heavy atom. The van der Waals surface area contributed by atoms with E-state index in [-0.39, 0.29) is 24.0 Å². The molecule has 1 heterocycles. The van der Waals surface area contributed by atoms with E-state index >= 15 is 0 Å². The van der Waals surface area contributed by atoms with E-state index in [0.29, 0.717) is 25.2 Å². The Morgan fingerprint density at radius 2 is 2.08 bits per heavy atom. The van der Waals surface area contributed by atoms with Gasteiger partial charge in [0, 0.05) is 51.8 Å². The van der Waals surface area contributed by atoms with E-state index in [4.69, 9.17) is 9.47 Å². The first-order chi connectivity index (χ1) is 11.2. The van der Waals surface area contributed by atoms with Gasteiger partial charge in [0.05, 0.1) is 19.8 Å². The maximum atomic E-state index is 5.66. The van der Waals surface area contributed by atoms with Crippen LogP contribution in [0.1, 0.15) is 26.2 Å². The summed E-state index contributed by atoms with van der Waals surface area (Å²) in [6.45, 7) is 7.50. The number of nitrogens with zero attached hydrogens (tertiary/aromatic N) is 3. The largest absolute Gasteiger partial charge is 0.382 e. The Kier molecular flexibility index (Phi) is 10.5. The Hall–Kier alpha value is -0.120. The number of guanidine groups is 1. The van der Waals surface area contributed by atoms with Gasteiger partial charge in [0.25, 0.3) is 0 Å². The smallest absolute Gasteiger partial charge is 0.193 e. The summed E-state index contributed by atoms with van der Waals surface area (Å²) in [7, 11) is 5.81. The quantitative estimate of drug-likeness (QED) is 0.249. The lowest BCUT2D eigenvalue weighted by Gasteiger charge is -2.28. The summed E-state index contributed by atoms with van der Waals surface area (Å²) in [6.07, 6.45) is 3.88. The van der Waals surface area contributed by atoms with Gasteiger partial charge in [-0.05, 0) is 33.2 Å². The fourth-order valence-corrected chi connectivity index (χ4v) is 3.11. The van der Waals surface area contributed by atoms with E-state index in [1.807, 2.05) is 7.05 Å². The number of likely N-dealkylation sites (tertiary alicyclic amines) is 1. The van der Waals surface area contributed by atoms with Crippen molar-refractivity contribution in [2.45, 2.75) is 38.3 Å². The molecular weight excluding hydrogens is 419 g/mol. The zero-order valence-electron chi connectivity index (χ0n) is 15.7. The van der Waals surface area contributed by atoms with Gasteiger partial charge in [0.2, 0.25) is 0 Å². The van der Waals surface area contributed by atoms with Crippen molar-refractivity contribution in [3.05, 3.63) is 0 Å². The Bertz CT molecular complexity index is 380. The second-order valence-electron chi connectivity index (χ2n) is 6.84. The highest BCUT2D eigenvalue weighted by atomic mass is 127. The lowest BCUT2D eigenvalue weighted by atomic mass is 10.1. The maximum Gasteiger partial charge on any atom is 0.193 e. The maximum absolute atomic E-state index is 5.66. The minimum atomic E-state index is 0. The molecular formula is C17H35IN4O2. The molecule has 0 aromatic carbocycles. The van der Waals surface area contributed by atoms with Crippen molar-refractivity contribution in [1.29, 1.82) is 0 Å². The van der Waals surface area contributed by atoms with Gasteiger partial charge in [-0.25, -0.2) is 0 Å². The summed E-state index contributed by atoms with van der Waals surface area (Å²) in [5, 5.41) is 3.55. The zero-order valence-corrected chi connectivity index (χ0v) is 18.0. The highest BCUT2D eigenvalue weighted by Gasteiger charge is 2.30. The van der Waals surface area contributed by atoms with Crippen LogP contribution >= 0.6 is 24.0 Å². The predicted octanol–water partition coefficient (Wildman–Crippen LogP) is 1.65. The molecule has 2 rings (SSSR count). The van der Waals surface area contributed by atoms with Crippen molar-refractivity contribution in [2.75, 3.05) is 60.7 Å². The number of rotatable bonds is 9. The summed E-state index contributed by atoms with van der Waals surface area (Å²) in [5.74, 6) is 1.62. The van der Waals surface area contributed by atoms with E-state index in [0.717, 1.165) is 38.2 Å². The molecule has 7 heteroatoms. The van der Waals surface area contributed by atoms with Gasteiger partial charge in [-0.2, -0.15) is 0 Å². The molecule has 1 aliphatic heterocycles. The zero-order chi connectivity index (χ0) is 16.7. The molecule has 6 nitrogen and oxygen atoms in total. The summed E-state index contributed by atoms with van der Waals surface area (Å²) in [6, 6.07) is 1.34. The molecule has 2 atom stereocenters. The van der Waals surface area contributed by atoms with E-state index < -0.39 is 0 Å². The molecule has 1 aliphatic carbocycles. The second kappa shape index (κ2) is 11.5. The van der Waals surface area contributed by atoms with Crippen molar-refractivity contribution in [1.82, 2.24) is 15.1 Å². The molecule has 142 valence electrons. The minimum Gasteiger partial charge on any atom is -0.382 e. The summed E-state index contributed by atoms with van der Waals surface area (Å²) >= 11 is 0. The number of ether oxygens (including phenoxy) is 2. The number of hydrogen-bond acceptors (Lipinski definition) is 4. The van der Waals surface area contributed by atoms with Crippen molar-refractivity contribution in [3.63, 3.8) is 0 Å². The molecule has 0 aromatic heterocycles. The topological polar surface area (TPSA) is 49.3 Å². The van der Waals surface area contributed by atoms with Crippen LogP contribution in [-0.4, -0.2) is 88.5 Å². The first-order valence-electron chi connectivity index (χ1n) is 8.90. The van der Waals surface area contributed by atoms with Crippen LogP contribution < -0.4 is 5.32 Å². The van der Waals surface area contributed by atoms with Gasteiger partial charge in [-0.1, -0.05) is 0 Å². The number of halogens is 1. The molecule has 0 radical (unpaired) electrons. The summed E-state index contributed by atoms with van der Waals surface area (Å²) in [5.41, 5.74) is 0. The number of hydrogen-bond donors (Lipinski definition) is 1. The fraction of sp³-hybridized carbons (Fsp3) is 0.941. The number of methoxy groups -OCH3 is 1. The van der Waals surface area contributed by atoms with Gasteiger partial charge < -0.3 is 19.7 Å². The van der Waals surface area contributed by atoms with Crippen molar-refractivity contribution >= 4 is 29.9 Å². The highest BCUT2D eigenvalue weighted by Crippen LogP contribution is 2.26.